The molecule has 0 spiro atoms. The number of nitrogens with zero attached hydrogens (tertiary/aromatic N) is 2. The molecule has 1 aromatic carbocycles. The lowest BCUT2D eigenvalue weighted by molar-refractivity contribution is -0.128. The van der Waals surface area contributed by atoms with Gasteiger partial charge in [0.1, 0.15) is 0 Å². The molecule has 1 amide bonds. The second-order valence-electron chi connectivity index (χ2n) is 5.18. The van der Waals surface area contributed by atoms with E-state index >= 15 is 0 Å². The summed E-state index contributed by atoms with van der Waals surface area (Å²) in [5.74, 6) is 0.648. The average Bonchev–Trinajstić information content (AvgIpc) is 3.02. The largest absolute Gasteiger partial charge is 0.342 e. The second kappa shape index (κ2) is 9.30. The molecule has 2 aromatic rings. The number of amides is 1. The number of carbonyl (C=O) groups excluding carboxylic acids is 1. The molecule has 0 aliphatic rings. The van der Waals surface area contributed by atoms with E-state index in [1.54, 1.807) is 11.3 Å². The summed E-state index contributed by atoms with van der Waals surface area (Å²) in [5, 5.41) is 2.74. The van der Waals surface area contributed by atoms with Crippen LogP contribution in [-0.4, -0.2) is 34.6 Å². The molecule has 0 N–H and O–H groups in total. The number of thioether (sulfide) groups is 1. The van der Waals surface area contributed by atoms with Crippen LogP contribution in [0.4, 0.5) is 0 Å². The number of aromatic nitrogens is 1. The molecule has 0 fully saturated rings. The van der Waals surface area contributed by atoms with Gasteiger partial charge in [-0.2, -0.15) is 0 Å². The molecule has 0 aliphatic heterocycles. The van der Waals surface area contributed by atoms with Crippen molar-refractivity contribution in [2.24, 2.45) is 0 Å². The van der Waals surface area contributed by atoms with Crippen molar-refractivity contribution in [3.05, 3.63) is 34.7 Å². The molecule has 1 aromatic heterocycles. The lowest BCUT2D eigenvalue weighted by Crippen LogP contribution is -2.33. The molecule has 124 valence electrons. The van der Waals surface area contributed by atoms with Crippen LogP contribution < -0.4 is 0 Å². The van der Waals surface area contributed by atoms with Gasteiger partial charge in [-0.05, 0) is 25.0 Å². The summed E-state index contributed by atoms with van der Waals surface area (Å²) >= 11 is 9.00. The molecule has 0 saturated carbocycles. The number of halogens is 1. The summed E-state index contributed by atoms with van der Waals surface area (Å²) in [6.07, 6.45) is 1.99. The van der Waals surface area contributed by atoms with Crippen LogP contribution in [0.3, 0.4) is 0 Å². The molecular formula is C17H21ClN2OS2. The average molecular weight is 369 g/mol. The highest BCUT2D eigenvalue weighted by Gasteiger charge is 2.13. The number of rotatable bonds is 8. The summed E-state index contributed by atoms with van der Waals surface area (Å²) in [6.45, 7) is 5.87. The van der Waals surface area contributed by atoms with Crippen LogP contribution in [0.1, 0.15) is 26.7 Å². The van der Waals surface area contributed by atoms with Crippen LogP contribution >= 0.6 is 34.7 Å². The van der Waals surface area contributed by atoms with Crippen LogP contribution in [0.25, 0.3) is 11.3 Å². The van der Waals surface area contributed by atoms with Gasteiger partial charge in [0.25, 0.3) is 0 Å². The van der Waals surface area contributed by atoms with Crippen molar-refractivity contribution in [1.29, 1.82) is 0 Å². The lowest BCUT2D eigenvalue weighted by atomic mass is 10.2. The molecule has 0 unspecified atom stereocenters. The van der Waals surface area contributed by atoms with Gasteiger partial charge >= 0.3 is 0 Å². The van der Waals surface area contributed by atoms with E-state index in [1.807, 2.05) is 34.5 Å². The fourth-order valence-corrected chi connectivity index (χ4v) is 4.06. The van der Waals surface area contributed by atoms with Gasteiger partial charge in [0, 0.05) is 29.1 Å². The monoisotopic (exact) mass is 368 g/mol. The summed E-state index contributed by atoms with van der Waals surface area (Å²) < 4.78 is 0.927. The SMILES string of the molecule is CCCN(CCC)C(=O)CSc1nc(-c2ccc(Cl)cc2)cs1. The first-order chi connectivity index (χ1) is 11.1. The van der Waals surface area contributed by atoms with Gasteiger partial charge in [0.05, 0.1) is 11.4 Å². The van der Waals surface area contributed by atoms with Gasteiger partial charge in [-0.1, -0.05) is 49.3 Å². The summed E-state index contributed by atoms with van der Waals surface area (Å²) in [6, 6.07) is 7.64. The Morgan fingerprint density at radius 3 is 2.48 bits per heavy atom. The second-order valence-corrected chi connectivity index (χ2v) is 7.69. The molecule has 0 aliphatic carbocycles. The Bertz CT molecular complexity index is 622. The molecule has 2 rings (SSSR count). The first kappa shape index (κ1) is 18.3. The van der Waals surface area contributed by atoms with Crippen LogP contribution in [0.2, 0.25) is 5.02 Å². The molecule has 3 nitrogen and oxygen atoms in total. The van der Waals surface area contributed by atoms with E-state index in [9.17, 15) is 4.79 Å². The predicted molar refractivity (Wildman–Crippen MR) is 100 cm³/mol. The minimum Gasteiger partial charge on any atom is -0.342 e. The van der Waals surface area contributed by atoms with E-state index in [0.29, 0.717) is 5.75 Å². The maximum atomic E-state index is 12.3. The Kier molecular flexibility index (Phi) is 7.40. The Hall–Kier alpha value is -1.04. The quantitative estimate of drug-likeness (QED) is 0.600. The van der Waals surface area contributed by atoms with E-state index in [1.165, 1.54) is 11.8 Å². The fourth-order valence-electron chi connectivity index (χ4n) is 2.19. The summed E-state index contributed by atoms with van der Waals surface area (Å²) in [4.78, 5) is 18.8. The molecule has 0 bridgehead atoms. The van der Waals surface area contributed by atoms with Crippen molar-refractivity contribution in [2.75, 3.05) is 18.8 Å². The van der Waals surface area contributed by atoms with Gasteiger partial charge < -0.3 is 4.90 Å². The minimum atomic E-state index is 0.196. The zero-order chi connectivity index (χ0) is 16.7. The van der Waals surface area contributed by atoms with E-state index in [-0.39, 0.29) is 5.91 Å². The molecule has 1 heterocycles. The van der Waals surface area contributed by atoms with Gasteiger partial charge in [-0.15, -0.1) is 11.3 Å². The highest BCUT2D eigenvalue weighted by molar-refractivity contribution is 8.01. The van der Waals surface area contributed by atoms with E-state index < -0.39 is 0 Å². The van der Waals surface area contributed by atoms with Crippen molar-refractivity contribution in [3.63, 3.8) is 0 Å². The maximum absolute atomic E-state index is 12.3. The lowest BCUT2D eigenvalue weighted by Gasteiger charge is -2.20. The van der Waals surface area contributed by atoms with Crippen molar-refractivity contribution in [3.8, 4) is 11.3 Å². The third-order valence-electron chi connectivity index (χ3n) is 3.28. The van der Waals surface area contributed by atoms with Crippen LogP contribution in [0, 0.1) is 0 Å². The Balaban J connectivity index is 1.93. The number of benzene rings is 1. The summed E-state index contributed by atoms with van der Waals surface area (Å²) in [5.41, 5.74) is 1.98. The molecule has 0 radical (unpaired) electrons. The molecular weight excluding hydrogens is 348 g/mol. The van der Waals surface area contributed by atoms with Crippen LogP contribution in [0.15, 0.2) is 34.0 Å². The first-order valence-corrected chi connectivity index (χ1v) is 10.0. The molecule has 0 atom stereocenters. The summed E-state index contributed by atoms with van der Waals surface area (Å²) in [7, 11) is 0. The van der Waals surface area contributed by atoms with Gasteiger partial charge in [0.2, 0.25) is 5.91 Å². The number of hydrogen-bond donors (Lipinski definition) is 0. The van der Waals surface area contributed by atoms with Gasteiger partial charge in [0.15, 0.2) is 4.34 Å². The van der Waals surface area contributed by atoms with Crippen LogP contribution in [0.5, 0.6) is 0 Å². The highest BCUT2D eigenvalue weighted by Crippen LogP contribution is 2.29. The predicted octanol–water partition coefficient (Wildman–Crippen LogP) is 5.20. The third-order valence-corrected chi connectivity index (χ3v) is 5.54. The van der Waals surface area contributed by atoms with Crippen molar-refractivity contribution in [2.45, 2.75) is 31.0 Å². The molecule has 23 heavy (non-hydrogen) atoms. The minimum absolute atomic E-state index is 0.196. The Morgan fingerprint density at radius 2 is 1.87 bits per heavy atom. The fraction of sp³-hybridized carbons (Fsp3) is 0.412. The normalized spacial score (nSPS) is 10.7. The number of carbonyl (C=O) groups is 1. The molecule has 0 saturated heterocycles. The topological polar surface area (TPSA) is 33.2 Å². The van der Waals surface area contributed by atoms with E-state index in [4.69, 9.17) is 11.6 Å². The zero-order valence-electron chi connectivity index (χ0n) is 13.4. The Morgan fingerprint density at radius 1 is 1.22 bits per heavy atom. The highest BCUT2D eigenvalue weighted by atomic mass is 35.5. The Labute approximate surface area is 151 Å². The first-order valence-electron chi connectivity index (χ1n) is 7.76. The van der Waals surface area contributed by atoms with Gasteiger partial charge in [-0.25, -0.2) is 4.98 Å². The van der Waals surface area contributed by atoms with E-state index in [0.717, 1.165) is 46.6 Å². The van der Waals surface area contributed by atoms with E-state index in [2.05, 4.69) is 18.8 Å². The number of hydrogen-bond acceptors (Lipinski definition) is 4. The zero-order valence-corrected chi connectivity index (χ0v) is 15.8. The smallest absolute Gasteiger partial charge is 0.233 e. The van der Waals surface area contributed by atoms with Crippen LogP contribution in [-0.2, 0) is 4.79 Å². The number of thiazole rings is 1. The maximum Gasteiger partial charge on any atom is 0.233 e. The standard InChI is InChI=1S/C17H21ClN2OS2/c1-3-9-20(10-4-2)16(21)12-23-17-19-15(11-22-17)13-5-7-14(18)8-6-13/h5-8,11H,3-4,9-10,12H2,1-2H3. The molecule has 6 heteroatoms. The third kappa shape index (κ3) is 5.52. The van der Waals surface area contributed by atoms with Crippen molar-refractivity contribution < 1.29 is 4.79 Å². The van der Waals surface area contributed by atoms with Crippen molar-refractivity contribution in [1.82, 2.24) is 9.88 Å². The van der Waals surface area contributed by atoms with Crippen molar-refractivity contribution >= 4 is 40.6 Å². The van der Waals surface area contributed by atoms with Gasteiger partial charge in [-0.3, -0.25) is 4.79 Å².